The standard InChI is InChI=1S/C20H17N3O4S/c24-20(15-10-14(21-22-15)19-6-3-7-28-19)25-11-13-9-18(27-23-13)17-8-12-4-1-2-5-16(12)26-17/h1-9,14-15,21-22H,10-11H2. The Morgan fingerprint density at radius 1 is 1.18 bits per heavy atom. The van der Waals surface area contributed by atoms with E-state index in [9.17, 15) is 4.79 Å². The quantitative estimate of drug-likeness (QED) is 0.497. The minimum Gasteiger partial charge on any atom is -0.458 e. The van der Waals surface area contributed by atoms with Gasteiger partial charge in [0.2, 0.25) is 5.76 Å². The van der Waals surface area contributed by atoms with Gasteiger partial charge in [0.15, 0.2) is 5.76 Å². The molecule has 1 fully saturated rings. The fourth-order valence-electron chi connectivity index (χ4n) is 3.23. The number of hydrazine groups is 1. The number of nitrogens with one attached hydrogen (secondary N) is 2. The van der Waals surface area contributed by atoms with Crippen LogP contribution in [0.2, 0.25) is 0 Å². The van der Waals surface area contributed by atoms with E-state index in [1.165, 1.54) is 4.88 Å². The van der Waals surface area contributed by atoms with E-state index < -0.39 is 6.04 Å². The smallest absolute Gasteiger partial charge is 0.324 e. The van der Waals surface area contributed by atoms with Gasteiger partial charge in [-0.15, -0.1) is 11.3 Å². The van der Waals surface area contributed by atoms with Crippen molar-refractivity contribution < 1.29 is 18.5 Å². The number of rotatable bonds is 5. The van der Waals surface area contributed by atoms with Gasteiger partial charge in [-0.2, -0.15) is 0 Å². The topological polar surface area (TPSA) is 89.5 Å². The molecular weight excluding hydrogens is 378 g/mol. The highest BCUT2D eigenvalue weighted by Crippen LogP contribution is 2.29. The Hall–Kier alpha value is -2.94. The lowest BCUT2D eigenvalue weighted by molar-refractivity contribution is -0.147. The van der Waals surface area contributed by atoms with Gasteiger partial charge in [0, 0.05) is 16.3 Å². The third-order valence-corrected chi connectivity index (χ3v) is 5.65. The monoisotopic (exact) mass is 395 g/mol. The molecule has 2 unspecified atom stereocenters. The number of thiophene rings is 1. The van der Waals surface area contributed by atoms with E-state index in [0.29, 0.717) is 23.6 Å². The van der Waals surface area contributed by atoms with Gasteiger partial charge in [0.05, 0.1) is 6.04 Å². The van der Waals surface area contributed by atoms with Gasteiger partial charge in [-0.1, -0.05) is 29.4 Å². The molecule has 0 aliphatic carbocycles. The average Bonchev–Trinajstić information content (AvgIpc) is 3.51. The summed E-state index contributed by atoms with van der Waals surface area (Å²) in [7, 11) is 0. The maximum absolute atomic E-state index is 12.3. The maximum atomic E-state index is 12.3. The molecule has 142 valence electrons. The van der Waals surface area contributed by atoms with Crippen molar-refractivity contribution in [2.45, 2.75) is 25.1 Å². The SMILES string of the molecule is O=C(OCc1cc(-c2cc3ccccc3o2)on1)C1CC(c2cccs2)NN1. The summed E-state index contributed by atoms with van der Waals surface area (Å²) < 4.78 is 16.5. The van der Waals surface area contributed by atoms with Crippen molar-refractivity contribution in [1.29, 1.82) is 0 Å². The summed E-state index contributed by atoms with van der Waals surface area (Å²) in [5.74, 6) is 0.771. The molecule has 1 aliphatic heterocycles. The molecule has 4 aromatic rings. The lowest BCUT2D eigenvalue weighted by Crippen LogP contribution is -2.37. The predicted molar refractivity (Wildman–Crippen MR) is 103 cm³/mol. The van der Waals surface area contributed by atoms with Crippen LogP contribution in [0.1, 0.15) is 23.0 Å². The molecule has 0 saturated carbocycles. The third-order valence-electron chi connectivity index (χ3n) is 4.66. The van der Waals surface area contributed by atoms with Crippen molar-refractivity contribution in [3.63, 3.8) is 0 Å². The molecule has 1 aromatic carbocycles. The van der Waals surface area contributed by atoms with Crippen LogP contribution in [0.3, 0.4) is 0 Å². The van der Waals surface area contributed by atoms with Crippen LogP contribution in [0, 0.1) is 0 Å². The highest BCUT2D eigenvalue weighted by atomic mass is 32.1. The number of hydrogen-bond donors (Lipinski definition) is 2. The molecule has 1 saturated heterocycles. The Balaban J connectivity index is 1.20. The van der Waals surface area contributed by atoms with Crippen molar-refractivity contribution in [3.05, 3.63) is 64.5 Å². The van der Waals surface area contributed by atoms with Crippen molar-refractivity contribution >= 4 is 28.3 Å². The summed E-state index contributed by atoms with van der Waals surface area (Å²) in [6.07, 6.45) is 0.641. The summed E-state index contributed by atoms with van der Waals surface area (Å²) in [5, 5.41) is 6.98. The highest BCUT2D eigenvalue weighted by Gasteiger charge is 2.31. The number of aromatic nitrogens is 1. The molecule has 0 bridgehead atoms. The Bertz CT molecular complexity index is 1070. The van der Waals surface area contributed by atoms with Gasteiger partial charge in [-0.05, 0) is 30.0 Å². The fraction of sp³-hybridized carbons (Fsp3) is 0.200. The van der Waals surface area contributed by atoms with Crippen LogP contribution in [-0.4, -0.2) is 17.2 Å². The van der Waals surface area contributed by atoms with E-state index in [0.717, 1.165) is 11.0 Å². The lowest BCUT2D eigenvalue weighted by Gasteiger charge is -2.08. The largest absolute Gasteiger partial charge is 0.458 e. The molecule has 8 heteroatoms. The van der Waals surface area contributed by atoms with Gasteiger partial charge < -0.3 is 13.7 Å². The fourth-order valence-corrected chi connectivity index (χ4v) is 4.02. The van der Waals surface area contributed by atoms with Crippen molar-refractivity contribution in [2.75, 3.05) is 0 Å². The molecule has 5 rings (SSSR count). The first kappa shape index (κ1) is 17.2. The zero-order valence-corrected chi connectivity index (χ0v) is 15.6. The molecule has 0 spiro atoms. The number of carbonyl (C=O) groups is 1. The molecule has 2 atom stereocenters. The Morgan fingerprint density at radius 2 is 2.11 bits per heavy atom. The van der Waals surface area contributed by atoms with Crippen molar-refractivity contribution in [2.24, 2.45) is 0 Å². The lowest BCUT2D eigenvalue weighted by atomic mass is 10.1. The summed E-state index contributed by atoms with van der Waals surface area (Å²) in [5.41, 5.74) is 7.45. The number of benzene rings is 1. The minimum absolute atomic E-state index is 0.0460. The number of nitrogens with zero attached hydrogens (tertiary/aromatic N) is 1. The van der Waals surface area contributed by atoms with Gasteiger partial charge in [-0.3, -0.25) is 4.79 Å². The maximum Gasteiger partial charge on any atom is 0.324 e. The molecule has 4 heterocycles. The van der Waals surface area contributed by atoms with E-state index in [2.05, 4.69) is 16.0 Å². The first-order valence-electron chi connectivity index (χ1n) is 8.92. The van der Waals surface area contributed by atoms with Crippen LogP contribution in [0.5, 0.6) is 0 Å². The Labute approximate surface area is 164 Å². The van der Waals surface area contributed by atoms with Gasteiger partial charge in [0.1, 0.15) is 23.9 Å². The number of esters is 1. The second-order valence-corrected chi connectivity index (χ2v) is 7.56. The molecule has 28 heavy (non-hydrogen) atoms. The van der Waals surface area contributed by atoms with E-state index in [-0.39, 0.29) is 18.6 Å². The van der Waals surface area contributed by atoms with Crippen LogP contribution in [0.25, 0.3) is 22.5 Å². The van der Waals surface area contributed by atoms with Crippen LogP contribution in [-0.2, 0) is 16.1 Å². The van der Waals surface area contributed by atoms with Crippen LogP contribution in [0.4, 0.5) is 0 Å². The number of hydrogen-bond acceptors (Lipinski definition) is 8. The summed E-state index contributed by atoms with van der Waals surface area (Å²) in [4.78, 5) is 13.5. The number of ether oxygens (including phenoxy) is 1. The normalized spacial score (nSPS) is 19.3. The van der Waals surface area contributed by atoms with E-state index in [1.807, 2.05) is 47.8 Å². The van der Waals surface area contributed by atoms with Gasteiger partial charge in [0.25, 0.3) is 0 Å². The summed E-state index contributed by atoms with van der Waals surface area (Å²) >= 11 is 1.66. The molecular formula is C20H17N3O4S. The number of fused-ring (bicyclic) bond motifs is 1. The van der Waals surface area contributed by atoms with Crippen LogP contribution < -0.4 is 10.9 Å². The summed E-state index contributed by atoms with van der Waals surface area (Å²) in [6, 6.07) is 15.1. The molecule has 1 aliphatic rings. The average molecular weight is 395 g/mol. The van der Waals surface area contributed by atoms with E-state index in [4.69, 9.17) is 13.7 Å². The Kier molecular flexibility index (Phi) is 4.44. The molecule has 2 N–H and O–H groups in total. The van der Waals surface area contributed by atoms with Crippen molar-refractivity contribution in [1.82, 2.24) is 16.0 Å². The van der Waals surface area contributed by atoms with Crippen LogP contribution in [0.15, 0.2) is 62.9 Å². The molecule has 3 aromatic heterocycles. The minimum atomic E-state index is -0.395. The summed E-state index contributed by atoms with van der Waals surface area (Å²) in [6.45, 7) is 0.0460. The number of carbonyl (C=O) groups excluding carboxylic acids is 1. The second-order valence-electron chi connectivity index (χ2n) is 6.58. The predicted octanol–water partition coefficient (Wildman–Crippen LogP) is 3.80. The van der Waals surface area contributed by atoms with Crippen LogP contribution >= 0.6 is 11.3 Å². The zero-order chi connectivity index (χ0) is 18.9. The van der Waals surface area contributed by atoms with E-state index >= 15 is 0 Å². The first-order chi connectivity index (χ1) is 13.8. The first-order valence-corrected chi connectivity index (χ1v) is 9.80. The highest BCUT2D eigenvalue weighted by molar-refractivity contribution is 7.10. The number of furan rings is 1. The zero-order valence-electron chi connectivity index (χ0n) is 14.8. The third kappa shape index (κ3) is 3.33. The number of para-hydroxylation sites is 1. The Morgan fingerprint density at radius 3 is 2.96 bits per heavy atom. The second kappa shape index (κ2) is 7.23. The van der Waals surface area contributed by atoms with Gasteiger partial charge >= 0.3 is 5.97 Å². The molecule has 0 radical (unpaired) electrons. The van der Waals surface area contributed by atoms with Crippen molar-refractivity contribution in [3.8, 4) is 11.5 Å². The van der Waals surface area contributed by atoms with Gasteiger partial charge in [-0.25, -0.2) is 10.9 Å². The molecule has 7 nitrogen and oxygen atoms in total. The van der Waals surface area contributed by atoms with E-state index in [1.54, 1.807) is 17.4 Å². The molecule has 0 amide bonds.